The van der Waals surface area contributed by atoms with E-state index in [4.69, 9.17) is 12.2 Å². The molecule has 2 aromatic carbocycles. The van der Waals surface area contributed by atoms with E-state index in [1.54, 1.807) is 6.08 Å². The highest BCUT2D eigenvalue weighted by Gasteiger charge is 2.32. The van der Waals surface area contributed by atoms with Crippen molar-refractivity contribution >= 4 is 101 Å². The van der Waals surface area contributed by atoms with Crippen LogP contribution in [0.25, 0.3) is 16.3 Å². The highest BCUT2D eigenvalue weighted by molar-refractivity contribution is 9.10. The fourth-order valence-corrected chi connectivity index (χ4v) is 6.53. The molecule has 7 nitrogen and oxygen atoms in total. The van der Waals surface area contributed by atoms with Crippen molar-refractivity contribution in [2.24, 2.45) is 0 Å². The Hall–Kier alpha value is -2.25. The monoisotopic (exact) mass is 592 g/mol. The lowest BCUT2D eigenvalue weighted by Gasteiger charge is -2.14. The van der Waals surface area contributed by atoms with Gasteiger partial charge in [0, 0.05) is 17.4 Å². The van der Waals surface area contributed by atoms with Gasteiger partial charge < -0.3 is 0 Å². The van der Waals surface area contributed by atoms with E-state index < -0.39 is 5.91 Å². The van der Waals surface area contributed by atoms with E-state index in [9.17, 15) is 14.4 Å². The summed E-state index contributed by atoms with van der Waals surface area (Å²) in [5.74, 6) is -0.877. The number of nitrogens with zero attached hydrogens (tertiary/aromatic N) is 2. The molecule has 1 fully saturated rings. The topological polar surface area (TPSA) is 91.4 Å². The highest BCUT2D eigenvalue weighted by Crippen LogP contribution is 2.33. The first-order valence-corrected chi connectivity index (χ1v) is 13.8. The minimum atomic E-state index is -0.414. The number of rotatable bonds is 7. The molecule has 174 valence electrons. The second-order valence-corrected chi connectivity index (χ2v) is 11.8. The summed E-state index contributed by atoms with van der Waals surface area (Å²) in [5, 5.41) is 0. The first kappa shape index (κ1) is 24.9. The largest absolute Gasteiger partial charge is 0.292 e. The van der Waals surface area contributed by atoms with E-state index in [1.807, 2.05) is 48.5 Å². The van der Waals surface area contributed by atoms with Crippen molar-refractivity contribution in [3.63, 3.8) is 0 Å². The molecule has 0 unspecified atom stereocenters. The lowest BCUT2D eigenvalue weighted by molar-refractivity contribution is -0.128. The molecule has 1 saturated heterocycles. The average molecular weight is 594 g/mol. The quantitative estimate of drug-likeness (QED) is 0.179. The number of carbonyl (C=O) groups excluding carboxylic acids is 3. The number of hydrazine groups is 1. The van der Waals surface area contributed by atoms with Gasteiger partial charge in [0.2, 0.25) is 11.8 Å². The number of thiocarbonyl (C=S) groups is 1. The normalized spacial score (nSPS) is 14.7. The standard InChI is InChI=1S/C22H17BrN4O3S4/c23-14-5-3-4-13(10-14)11-17-20(30)27(22(31)34-17)9-8-18(28)25-26-19(29)12-32-21-24-15-6-1-2-7-16(15)33-21/h1-7,10-11H,8-9,12H2,(H,25,28)(H,26,29). The van der Waals surface area contributed by atoms with E-state index in [0.29, 0.717) is 9.23 Å². The molecule has 34 heavy (non-hydrogen) atoms. The van der Waals surface area contributed by atoms with Crippen LogP contribution < -0.4 is 10.9 Å². The summed E-state index contributed by atoms with van der Waals surface area (Å²) in [6.45, 7) is 0.128. The van der Waals surface area contributed by atoms with E-state index in [1.165, 1.54) is 39.8 Å². The molecular weight excluding hydrogens is 576 g/mol. The number of carbonyl (C=O) groups is 3. The molecule has 0 atom stereocenters. The summed E-state index contributed by atoms with van der Waals surface area (Å²) in [6, 6.07) is 15.3. The highest BCUT2D eigenvalue weighted by atomic mass is 79.9. The Morgan fingerprint density at radius 3 is 2.74 bits per heavy atom. The number of hydrogen-bond donors (Lipinski definition) is 2. The molecule has 1 aliphatic rings. The SMILES string of the molecule is O=C(CCN1C(=O)C(=Cc2cccc(Br)c2)SC1=S)NNC(=O)CSc1nc2ccccc2s1. The summed E-state index contributed by atoms with van der Waals surface area (Å²) in [5.41, 5.74) is 6.54. The van der Waals surface area contributed by atoms with Gasteiger partial charge in [0.05, 0.1) is 20.9 Å². The fourth-order valence-electron chi connectivity index (χ4n) is 2.93. The molecule has 1 aliphatic heterocycles. The van der Waals surface area contributed by atoms with Crippen molar-refractivity contribution < 1.29 is 14.4 Å². The van der Waals surface area contributed by atoms with Gasteiger partial charge in [-0.25, -0.2) is 4.98 Å². The van der Waals surface area contributed by atoms with Gasteiger partial charge in [0.15, 0.2) is 4.34 Å². The van der Waals surface area contributed by atoms with Crippen LogP contribution >= 0.6 is 63.0 Å². The second-order valence-electron chi connectivity index (χ2n) is 6.97. The maximum atomic E-state index is 12.7. The molecule has 3 aromatic rings. The van der Waals surface area contributed by atoms with Gasteiger partial charge in [-0.15, -0.1) is 11.3 Å². The van der Waals surface area contributed by atoms with Crippen LogP contribution in [0.5, 0.6) is 0 Å². The van der Waals surface area contributed by atoms with Crippen molar-refractivity contribution in [1.29, 1.82) is 0 Å². The van der Waals surface area contributed by atoms with Crippen LogP contribution in [-0.4, -0.2) is 44.2 Å². The zero-order valence-electron chi connectivity index (χ0n) is 17.4. The van der Waals surface area contributed by atoms with Gasteiger partial charge in [-0.2, -0.15) is 0 Å². The average Bonchev–Trinajstić information content (AvgIpc) is 3.35. The van der Waals surface area contributed by atoms with Crippen LogP contribution in [0.15, 0.2) is 62.2 Å². The van der Waals surface area contributed by atoms with E-state index in [2.05, 4.69) is 31.8 Å². The van der Waals surface area contributed by atoms with Crippen LogP contribution in [0.4, 0.5) is 0 Å². The molecule has 3 amide bonds. The van der Waals surface area contributed by atoms with Crippen molar-refractivity contribution in [3.8, 4) is 0 Å². The number of aromatic nitrogens is 1. The Morgan fingerprint density at radius 2 is 1.94 bits per heavy atom. The zero-order valence-corrected chi connectivity index (χ0v) is 22.3. The summed E-state index contributed by atoms with van der Waals surface area (Å²) < 4.78 is 3.15. The smallest absolute Gasteiger partial charge is 0.266 e. The minimum absolute atomic E-state index is 0.00188. The van der Waals surface area contributed by atoms with Gasteiger partial charge in [0.25, 0.3) is 5.91 Å². The molecule has 2 N–H and O–H groups in total. The second kappa shape index (κ2) is 11.5. The summed E-state index contributed by atoms with van der Waals surface area (Å²) in [4.78, 5) is 43.3. The number of hydrogen-bond acceptors (Lipinski definition) is 8. The third-order valence-electron chi connectivity index (χ3n) is 4.52. The Bertz CT molecular complexity index is 1280. The Morgan fingerprint density at radius 1 is 1.15 bits per heavy atom. The maximum Gasteiger partial charge on any atom is 0.266 e. The predicted octanol–water partition coefficient (Wildman–Crippen LogP) is 4.59. The summed E-state index contributed by atoms with van der Waals surface area (Å²) in [6.07, 6.45) is 1.77. The van der Waals surface area contributed by atoms with Gasteiger partial charge in [-0.1, -0.05) is 75.9 Å². The molecule has 0 radical (unpaired) electrons. The minimum Gasteiger partial charge on any atom is -0.292 e. The zero-order chi connectivity index (χ0) is 24.1. The number of nitrogens with one attached hydrogen (secondary N) is 2. The van der Waals surface area contributed by atoms with Gasteiger partial charge in [-0.3, -0.25) is 30.1 Å². The van der Waals surface area contributed by atoms with Crippen LogP contribution in [0.1, 0.15) is 12.0 Å². The van der Waals surface area contributed by atoms with Crippen LogP contribution in [0, 0.1) is 0 Å². The number of benzene rings is 2. The number of fused-ring (bicyclic) bond motifs is 1. The van der Waals surface area contributed by atoms with Crippen molar-refractivity contribution in [2.45, 2.75) is 10.8 Å². The molecule has 0 saturated carbocycles. The number of thioether (sulfide) groups is 2. The summed E-state index contributed by atoms with van der Waals surface area (Å²) >= 11 is 12.7. The Balaban J connectivity index is 1.21. The van der Waals surface area contributed by atoms with E-state index >= 15 is 0 Å². The number of halogens is 1. The molecule has 12 heteroatoms. The van der Waals surface area contributed by atoms with Gasteiger partial charge in [0.1, 0.15) is 4.32 Å². The third kappa shape index (κ3) is 6.45. The van der Waals surface area contributed by atoms with Crippen LogP contribution in [-0.2, 0) is 14.4 Å². The van der Waals surface area contributed by atoms with Crippen molar-refractivity contribution in [1.82, 2.24) is 20.7 Å². The molecule has 0 aliphatic carbocycles. The first-order valence-electron chi connectivity index (χ1n) is 9.96. The van der Waals surface area contributed by atoms with Crippen molar-refractivity contribution in [3.05, 3.63) is 63.5 Å². The molecule has 0 spiro atoms. The maximum absolute atomic E-state index is 12.7. The van der Waals surface area contributed by atoms with Gasteiger partial charge >= 0.3 is 0 Å². The van der Waals surface area contributed by atoms with Crippen LogP contribution in [0.2, 0.25) is 0 Å². The lowest BCUT2D eigenvalue weighted by Crippen LogP contribution is -2.43. The van der Waals surface area contributed by atoms with E-state index in [0.717, 1.165) is 24.6 Å². The number of thiazole rings is 1. The van der Waals surface area contributed by atoms with Crippen molar-refractivity contribution in [2.75, 3.05) is 12.3 Å². The van der Waals surface area contributed by atoms with E-state index in [-0.39, 0.29) is 30.5 Å². The molecule has 1 aromatic heterocycles. The molecule has 2 heterocycles. The number of para-hydroxylation sites is 1. The van der Waals surface area contributed by atoms with Gasteiger partial charge in [-0.05, 0) is 35.9 Å². The predicted molar refractivity (Wildman–Crippen MR) is 145 cm³/mol. The number of amides is 3. The lowest BCUT2D eigenvalue weighted by atomic mass is 10.2. The summed E-state index contributed by atoms with van der Waals surface area (Å²) in [7, 11) is 0. The Labute approximate surface area is 221 Å². The molecule has 0 bridgehead atoms. The Kier molecular flexibility index (Phi) is 8.37. The fraction of sp³-hybridized carbons (Fsp3) is 0.136. The van der Waals surface area contributed by atoms with Crippen LogP contribution in [0.3, 0.4) is 0 Å². The third-order valence-corrected chi connectivity index (χ3v) is 8.58. The molecule has 4 rings (SSSR count). The molecular formula is C22H17BrN4O3S4. The first-order chi connectivity index (χ1) is 16.4.